The molecule has 4 rings (SSSR count). The third kappa shape index (κ3) is 4.44. The minimum Gasteiger partial charge on any atom is -0.463 e. The number of non-ortho nitro benzene ring substituents is 1. The van der Waals surface area contributed by atoms with E-state index in [0.29, 0.717) is 26.2 Å². The number of rotatable bonds is 5. The lowest BCUT2D eigenvalue weighted by Gasteiger charge is -2.22. The molecule has 1 aromatic heterocycles. The minimum atomic E-state index is -0.624. The fourth-order valence-electron chi connectivity index (χ4n) is 3.58. The van der Waals surface area contributed by atoms with Gasteiger partial charge < -0.3 is 4.74 Å². The molecule has 10 heteroatoms. The number of carbonyl (C=O) groups is 1. The number of nitro groups is 1. The lowest BCUT2D eigenvalue weighted by molar-refractivity contribution is -0.384. The first-order valence-corrected chi connectivity index (χ1v) is 11.6. The highest BCUT2D eigenvalue weighted by molar-refractivity contribution is 9.10. The number of carbonyl (C=O) groups excluding carboxylic acids is 1. The second-order valence-corrected chi connectivity index (χ2v) is 9.11. The molecule has 1 aliphatic heterocycles. The summed E-state index contributed by atoms with van der Waals surface area (Å²) in [7, 11) is 0. The van der Waals surface area contributed by atoms with Crippen molar-refractivity contribution < 1.29 is 14.5 Å². The Balaban J connectivity index is 1.93. The van der Waals surface area contributed by atoms with E-state index in [4.69, 9.17) is 9.73 Å². The van der Waals surface area contributed by atoms with Crippen molar-refractivity contribution in [3.8, 4) is 0 Å². The molecule has 2 heterocycles. The number of nitrogens with zero attached hydrogens (tertiary/aromatic N) is 3. The van der Waals surface area contributed by atoms with E-state index < -0.39 is 16.9 Å². The Morgan fingerprint density at radius 2 is 2.03 bits per heavy atom. The number of allylic oxidation sites excluding steroid dienone is 1. The molecule has 0 saturated heterocycles. The molecule has 0 spiro atoms. The molecular formula is C23H18BrN3O5S. The van der Waals surface area contributed by atoms with Gasteiger partial charge in [-0.05, 0) is 43.2 Å². The molecule has 0 unspecified atom stereocenters. The highest BCUT2D eigenvalue weighted by Gasteiger charge is 2.31. The van der Waals surface area contributed by atoms with Crippen molar-refractivity contribution in [1.82, 2.24) is 4.57 Å². The molecule has 1 atom stereocenters. The fourth-order valence-corrected chi connectivity index (χ4v) is 4.89. The van der Waals surface area contributed by atoms with Gasteiger partial charge in [-0.1, -0.05) is 51.5 Å². The van der Waals surface area contributed by atoms with Crippen LogP contribution in [0.25, 0.3) is 11.8 Å². The Bertz CT molecular complexity index is 1470. The summed E-state index contributed by atoms with van der Waals surface area (Å²) in [5.74, 6) is -0.528. The van der Waals surface area contributed by atoms with Gasteiger partial charge in [0.05, 0.1) is 21.6 Å². The molecule has 0 N–H and O–H groups in total. The molecule has 1 aliphatic rings. The quantitative estimate of drug-likeness (QED) is 0.286. The topological polar surface area (TPSA) is 104 Å². The number of hydrogen-bond acceptors (Lipinski definition) is 7. The van der Waals surface area contributed by atoms with Crippen LogP contribution in [-0.4, -0.2) is 22.1 Å². The van der Waals surface area contributed by atoms with Crippen LogP contribution in [0.3, 0.4) is 0 Å². The van der Waals surface area contributed by atoms with Crippen molar-refractivity contribution in [3.05, 3.63) is 99.5 Å². The Morgan fingerprint density at radius 3 is 2.70 bits per heavy atom. The molecule has 168 valence electrons. The largest absolute Gasteiger partial charge is 0.463 e. The minimum absolute atomic E-state index is 0.0640. The average molecular weight is 528 g/mol. The van der Waals surface area contributed by atoms with E-state index in [0.717, 1.165) is 10.0 Å². The predicted molar refractivity (Wildman–Crippen MR) is 128 cm³/mol. The maximum atomic E-state index is 13.2. The maximum Gasteiger partial charge on any atom is 0.338 e. The van der Waals surface area contributed by atoms with Gasteiger partial charge in [0.1, 0.15) is 6.04 Å². The highest BCUT2D eigenvalue weighted by atomic mass is 79.9. The van der Waals surface area contributed by atoms with Crippen LogP contribution in [0, 0.1) is 10.1 Å². The zero-order valence-electron chi connectivity index (χ0n) is 17.6. The van der Waals surface area contributed by atoms with Crippen LogP contribution < -0.4 is 14.9 Å². The Hall–Kier alpha value is -3.37. The van der Waals surface area contributed by atoms with Crippen molar-refractivity contribution in [1.29, 1.82) is 0 Å². The standard InChI is InChI=1S/C23H18BrN3O5S/c1-3-32-22(29)19-13(2)26-21(28)18(12-14-5-4-6-17(11-14)27(30)31)33-23(26)25-20(19)15-7-9-16(24)10-8-15/h4-12,20H,3H2,1-2H3/b18-12-/t20-/m0/s1. The number of thiazole rings is 1. The van der Waals surface area contributed by atoms with Crippen LogP contribution in [0.15, 0.2) is 68.4 Å². The lowest BCUT2D eigenvalue weighted by atomic mass is 9.97. The fraction of sp³-hybridized carbons (Fsp3) is 0.174. The van der Waals surface area contributed by atoms with E-state index in [-0.39, 0.29) is 17.9 Å². The molecule has 33 heavy (non-hydrogen) atoms. The van der Waals surface area contributed by atoms with Gasteiger partial charge in [0.2, 0.25) is 0 Å². The van der Waals surface area contributed by atoms with E-state index in [1.807, 2.05) is 24.3 Å². The molecule has 3 aromatic rings. The summed E-state index contributed by atoms with van der Waals surface area (Å²) in [5.41, 5.74) is 1.65. The SMILES string of the molecule is CCOC(=O)C1=C(C)n2c(s/c(=C\c3cccc([N+](=O)[O-])c3)c2=O)=N[C@H]1c1ccc(Br)cc1. The van der Waals surface area contributed by atoms with Crippen LogP contribution in [0.2, 0.25) is 0 Å². The van der Waals surface area contributed by atoms with Gasteiger partial charge in [0.25, 0.3) is 11.2 Å². The smallest absolute Gasteiger partial charge is 0.338 e. The second kappa shape index (κ2) is 9.24. The van der Waals surface area contributed by atoms with Crippen molar-refractivity contribution in [2.75, 3.05) is 6.61 Å². The van der Waals surface area contributed by atoms with Crippen molar-refractivity contribution in [2.24, 2.45) is 4.99 Å². The van der Waals surface area contributed by atoms with E-state index in [2.05, 4.69) is 15.9 Å². The summed E-state index contributed by atoms with van der Waals surface area (Å²) in [4.78, 5) is 41.8. The maximum absolute atomic E-state index is 13.2. The molecule has 8 nitrogen and oxygen atoms in total. The molecule has 0 bridgehead atoms. The number of hydrogen-bond donors (Lipinski definition) is 0. The number of nitro benzene ring substituents is 1. The van der Waals surface area contributed by atoms with Gasteiger partial charge in [0, 0.05) is 22.3 Å². The Labute approximate surface area is 200 Å². The van der Waals surface area contributed by atoms with Crippen LogP contribution in [0.4, 0.5) is 5.69 Å². The van der Waals surface area contributed by atoms with Gasteiger partial charge in [-0.3, -0.25) is 19.5 Å². The number of aromatic nitrogens is 1. The number of ether oxygens (including phenoxy) is 1. The van der Waals surface area contributed by atoms with Gasteiger partial charge in [-0.15, -0.1) is 0 Å². The third-order valence-electron chi connectivity index (χ3n) is 5.10. The molecule has 0 fully saturated rings. The van der Waals surface area contributed by atoms with E-state index in [1.54, 1.807) is 32.1 Å². The van der Waals surface area contributed by atoms with Crippen LogP contribution >= 0.6 is 27.3 Å². The van der Waals surface area contributed by atoms with E-state index in [9.17, 15) is 19.7 Å². The highest BCUT2D eigenvalue weighted by Crippen LogP contribution is 2.32. The first kappa shape index (κ1) is 22.8. The van der Waals surface area contributed by atoms with E-state index in [1.165, 1.54) is 28.0 Å². The molecule has 0 radical (unpaired) electrons. The lowest BCUT2D eigenvalue weighted by Crippen LogP contribution is -2.35. The normalized spacial score (nSPS) is 15.7. The van der Waals surface area contributed by atoms with Crippen LogP contribution in [0.1, 0.15) is 31.0 Å². The number of benzene rings is 2. The third-order valence-corrected chi connectivity index (χ3v) is 6.62. The number of esters is 1. The predicted octanol–water partition coefficient (Wildman–Crippen LogP) is 3.58. The Morgan fingerprint density at radius 1 is 1.30 bits per heavy atom. The summed E-state index contributed by atoms with van der Waals surface area (Å²) in [6, 6.07) is 12.9. The van der Waals surface area contributed by atoms with Crippen molar-refractivity contribution in [2.45, 2.75) is 19.9 Å². The number of halogens is 1. The Kier molecular flexibility index (Phi) is 6.39. The van der Waals surface area contributed by atoms with Gasteiger partial charge >= 0.3 is 5.97 Å². The van der Waals surface area contributed by atoms with Gasteiger partial charge in [0.15, 0.2) is 4.80 Å². The zero-order valence-corrected chi connectivity index (χ0v) is 20.1. The summed E-state index contributed by atoms with van der Waals surface area (Å²) >= 11 is 4.58. The molecule has 2 aromatic carbocycles. The monoisotopic (exact) mass is 527 g/mol. The summed E-state index contributed by atoms with van der Waals surface area (Å²) in [5, 5.41) is 11.1. The van der Waals surface area contributed by atoms with Crippen LogP contribution in [0.5, 0.6) is 0 Å². The van der Waals surface area contributed by atoms with Crippen LogP contribution in [-0.2, 0) is 9.53 Å². The summed E-state index contributed by atoms with van der Waals surface area (Å²) < 4.78 is 7.91. The zero-order chi connectivity index (χ0) is 23.7. The molecular weight excluding hydrogens is 510 g/mol. The summed E-state index contributed by atoms with van der Waals surface area (Å²) in [6.07, 6.45) is 1.59. The average Bonchev–Trinajstić information content (AvgIpc) is 3.09. The number of fused-ring (bicyclic) bond motifs is 1. The van der Waals surface area contributed by atoms with Crippen molar-refractivity contribution in [3.63, 3.8) is 0 Å². The van der Waals surface area contributed by atoms with Gasteiger partial charge in [-0.25, -0.2) is 9.79 Å². The first-order chi connectivity index (χ1) is 15.8. The summed E-state index contributed by atoms with van der Waals surface area (Å²) in [6.45, 7) is 3.61. The molecule has 0 saturated carbocycles. The van der Waals surface area contributed by atoms with Gasteiger partial charge in [-0.2, -0.15) is 0 Å². The van der Waals surface area contributed by atoms with E-state index >= 15 is 0 Å². The molecule has 0 amide bonds. The second-order valence-electron chi connectivity index (χ2n) is 7.19. The first-order valence-electron chi connectivity index (χ1n) is 9.99. The van der Waals surface area contributed by atoms with Crippen molar-refractivity contribution >= 4 is 50.7 Å². The molecule has 0 aliphatic carbocycles.